The third-order valence-corrected chi connectivity index (χ3v) is 6.22. The monoisotopic (exact) mass is 435 g/mol. The van der Waals surface area contributed by atoms with Crippen LogP contribution in [0, 0.1) is 5.92 Å². The van der Waals surface area contributed by atoms with Crippen molar-refractivity contribution in [1.82, 2.24) is 30.6 Å². The van der Waals surface area contributed by atoms with Gasteiger partial charge in [-0.2, -0.15) is 15.0 Å². The predicted octanol–water partition coefficient (Wildman–Crippen LogP) is 1.90. The first kappa shape index (κ1) is 20.8. The molecule has 1 aromatic carbocycles. The summed E-state index contributed by atoms with van der Waals surface area (Å²) in [6.07, 6.45) is 4.94. The third kappa shape index (κ3) is 4.73. The Bertz CT molecular complexity index is 1060. The number of hydrogen-bond acceptors (Lipinski definition) is 9. The van der Waals surface area contributed by atoms with Crippen LogP contribution < -0.4 is 25.8 Å². The quantitative estimate of drug-likeness (QED) is 0.533. The molecule has 2 fully saturated rings. The molecule has 168 valence electrons. The van der Waals surface area contributed by atoms with Crippen molar-refractivity contribution in [3.63, 3.8) is 0 Å². The van der Waals surface area contributed by atoms with Crippen molar-refractivity contribution in [3.05, 3.63) is 42.4 Å². The first-order valence-corrected chi connectivity index (χ1v) is 11.3. The van der Waals surface area contributed by atoms with Gasteiger partial charge in [0, 0.05) is 36.0 Å². The molecule has 4 heterocycles. The van der Waals surface area contributed by atoms with Crippen LogP contribution in [0.4, 0.5) is 5.82 Å². The number of aromatic nitrogens is 4. The van der Waals surface area contributed by atoms with Gasteiger partial charge in [-0.1, -0.05) is 12.1 Å². The molecule has 4 N–H and O–H groups in total. The summed E-state index contributed by atoms with van der Waals surface area (Å²) < 4.78 is 12.1. The molecule has 2 aliphatic heterocycles. The number of benzene rings is 1. The second-order valence-corrected chi connectivity index (χ2v) is 8.40. The lowest BCUT2D eigenvalue weighted by atomic mass is 9.86. The Kier molecular flexibility index (Phi) is 6.27. The van der Waals surface area contributed by atoms with E-state index in [1.807, 2.05) is 30.3 Å². The summed E-state index contributed by atoms with van der Waals surface area (Å²) in [6.45, 7) is 4.17. The summed E-state index contributed by atoms with van der Waals surface area (Å²) >= 11 is 0. The van der Waals surface area contributed by atoms with E-state index in [0.717, 1.165) is 62.2 Å². The van der Waals surface area contributed by atoms with Crippen LogP contribution >= 0.6 is 0 Å². The molecule has 2 saturated heterocycles. The summed E-state index contributed by atoms with van der Waals surface area (Å²) in [5.41, 5.74) is 6.88. The van der Waals surface area contributed by atoms with Gasteiger partial charge in [0.1, 0.15) is 17.7 Å². The highest BCUT2D eigenvalue weighted by molar-refractivity contribution is 5.88. The number of fused-ring (bicyclic) bond motifs is 1. The summed E-state index contributed by atoms with van der Waals surface area (Å²) in [5, 5.41) is 7.65. The van der Waals surface area contributed by atoms with E-state index < -0.39 is 0 Å². The van der Waals surface area contributed by atoms with E-state index in [4.69, 9.17) is 20.2 Å². The largest absolute Gasteiger partial charge is 0.474 e. The molecule has 9 heteroatoms. The molecule has 2 aliphatic rings. The summed E-state index contributed by atoms with van der Waals surface area (Å²) in [7, 11) is 0. The average Bonchev–Trinajstić information content (AvgIpc) is 2.84. The second kappa shape index (κ2) is 9.62. The standard InChI is InChI=1S/C23H29N7O2/c24-21-17-3-1-2-4-19(17)28-23(30-21)31-14-15-5-9-26-13-18(15)22-27-12-8-20(29-22)32-16-6-10-25-11-7-16/h1-4,8,12,15-16,18,25-26H,5-7,9-11,13-14H2,(H2,24,28,30). The molecular formula is C23H29N7O2. The lowest BCUT2D eigenvalue weighted by Crippen LogP contribution is -2.38. The predicted molar refractivity (Wildman–Crippen MR) is 122 cm³/mol. The molecule has 0 radical (unpaired) electrons. The molecule has 2 unspecified atom stereocenters. The van der Waals surface area contributed by atoms with E-state index >= 15 is 0 Å². The van der Waals surface area contributed by atoms with E-state index in [1.165, 1.54) is 0 Å². The number of piperidine rings is 2. The number of ether oxygens (including phenoxy) is 2. The van der Waals surface area contributed by atoms with E-state index in [-0.39, 0.29) is 17.9 Å². The molecule has 5 rings (SSSR count). The fraction of sp³-hybridized carbons (Fsp3) is 0.478. The molecule has 9 nitrogen and oxygen atoms in total. The Labute approximate surface area is 187 Å². The fourth-order valence-electron chi connectivity index (χ4n) is 4.42. The van der Waals surface area contributed by atoms with Gasteiger partial charge in [-0.05, 0) is 51.0 Å². The van der Waals surface area contributed by atoms with Crippen LogP contribution in [0.1, 0.15) is 31.0 Å². The van der Waals surface area contributed by atoms with Gasteiger partial charge in [-0.15, -0.1) is 0 Å². The van der Waals surface area contributed by atoms with Crippen molar-refractivity contribution in [2.45, 2.75) is 31.3 Å². The van der Waals surface area contributed by atoms with E-state index in [0.29, 0.717) is 24.3 Å². The van der Waals surface area contributed by atoms with Crippen LogP contribution in [0.5, 0.6) is 11.9 Å². The first-order chi connectivity index (χ1) is 15.8. The maximum Gasteiger partial charge on any atom is 0.318 e. The molecule has 0 aliphatic carbocycles. The van der Waals surface area contributed by atoms with Crippen LogP contribution in [0.15, 0.2) is 36.5 Å². The zero-order valence-corrected chi connectivity index (χ0v) is 18.0. The molecule has 0 amide bonds. The number of rotatable bonds is 6. The van der Waals surface area contributed by atoms with Crippen molar-refractivity contribution < 1.29 is 9.47 Å². The van der Waals surface area contributed by atoms with Gasteiger partial charge in [0.25, 0.3) is 0 Å². The lowest BCUT2D eigenvalue weighted by Gasteiger charge is -2.31. The highest BCUT2D eigenvalue weighted by Crippen LogP contribution is 2.29. The van der Waals surface area contributed by atoms with Crippen LogP contribution in [-0.2, 0) is 0 Å². The van der Waals surface area contributed by atoms with E-state index in [1.54, 1.807) is 6.20 Å². The third-order valence-electron chi connectivity index (χ3n) is 6.22. The van der Waals surface area contributed by atoms with Gasteiger partial charge >= 0.3 is 6.01 Å². The molecule has 2 aromatic heterocycles. The number of nitrogens with one attached hydrogen (secondary N) is 2. The molecular weight excluding hydrogens is 406 g/mol. The number of para-hydroxylation sites is 1. The van der Waals surface area contributed by atoms with Crippen LogP contribution in [0.2, 0.25) is 0 Å². The normalized spacial score (nSPS) is 22.0. The number of nitrogens with two attached hydrogens (primary N) is 1. The second-order valence-electron chi connectivity index (χ2n) is 8.40. The zero-order chi connectivity index (χ0) is 21.8. The summed E-state index contributed by atoms with van der Waals surface area (Å²) in [6, 6.07) is 9.83. The molecule has 0 saturated carbocycles. The van der Waals surface area contributed by atoms with Crippen molar-refractivity contribution in [2.24, 2.45) is 5.92 Å². The smallest absolute Gasteiger partial charge is 0.318 e. The Balaban J connectivity index is 1.28. The summed E-state index contributed by atoms with van der Waals surface area (Å²) in [4.78, 5) is 18.2. The van der Waals surface area contributed by atoms with E-state index in [9.17, 15) is 0 Å². The topological polar surface area (TPSA) is 120 Å². The first-order valence-electron chi connectivity index (χ1n) is 11.3. The molecule has 0 spiro atoms. The number of nitrogens with zero attached hydrogens (tertiary/aromatic N) is 4. The van der Waals surface area contributed by atoms with Gasteiger partial charge in [0.2, 0.25) is 5.88 Å². The minimum absolute atomic E-state index is 0.123. The minimum atomic E-state index is 0.123. The lowest BCUT2D eigenvalue weighted by molar-refractivity contribution is 0.152. The Morgan fingerprint density at radius 3 is 2.72 bits per heavy atom. The maximum atomic E-state index is 6.13. The Hall–Kier alpha value is -3.04. The van der Waals surface area contributed by atoms with Crippen molar-refractivity contribution >= 4 is 16.7 Å². The van der Waals surface area contributed by atoms with Gasteiger partial charge in [0.15, 0.2) is 0 Å². The number of nitrogen functional groups attached to an aromatic ring is 1. The molecule has 32 heavy (non-hydrogen) atoms. The van der Waals surface area contributed by atoms with Crippen molar-refractivity contribution in [2.75, 3.05) is 38.5 Å². The van der Waals surface area contributed by atoms with Crippen LogP contribution in [0.3, 0.4) is 0 Å². The van der Waals surface area contributed by atoms with Gasteiger partial charge in [-0.25, -0.2) is 4.98 Å². The molecule has 3 aromatic rings. The highest BCUT2D eigenvalue weighted by atomic mass is 16.5. The summed E-state index contributed by atoms with van der Waals surface area (Å²) in [5.74, 6) is 2.23. The van der Waals surface area contributed by atoms with Crippen molar-refractivity contribution in [1.29, 1.82) is 0 Å². The van der Waals surface area contributed by atoms with E-state index in [2.05, 4.69) is 25.6 Å². The number of anilines is 1. The zero-order valence-electron chi connectivity index (χ0n) is 18.0. The fourth-order valence-corrected chi connectivity index (χ4v) is 4.42. The molecule has 0 bridgehead atoms. The van der Waals surface area contributed by atoms with Crippen molar-refractivity contribution in [3.8, 4) is 11.9 Å². The van der Waals surface area contributed by atoms with Gasteiger partial charge in [0.05, 0.1) is 12.1 Å². The minimum Gasteiger partial charge on any atom is -0.474 e. The maximum absolute atomic E-state index is 6.13. The Morgan fingerprint density at radius 1 is 0.969 bits per heavy atom. The average molecular weight is 436 g/mol. The Morgan fingerprint density at radius 2 is 1.81 bits per heavy atom. The van der Waals surface area contributed by atoms with Gasteiger partial charge < -0.3 is 25.8 Å². The SMILES string of the molecule is Nc1nc(OCC2CCNCC2c2nccc(OC3CCNCC3)n2)nc2ccccc12. The van der Waals surface area contributed by atoms with Crippen LogP contribution in [0.25, 0.3) is 10.9 Å². The highest BCUT2D eigenvalue weighted by Gasteiger charge is 2.30. The van der Waals surface area contributed by atoms with Crippen LogP contribution in [-0.4, -0.2) is 58.8 Å². The molecule has 2 atom stereocenters. The number of hydrogen-bond donors (Lipinski definition) is 3. The van der Waals surface area contributed by atoms with Gasteiger partial charge in [-0.3, -0.25) is 0 Å².